The minimum absolute atomic E-state index is 0.0654. The molecular weight excluding hydrogens is 267 g/mol. The van der Waals surface area contributed by atoms with Crippen molar-refractivity contribution in [2.45, 2.75) is 6.42 Å². The minimum atomic E-state index is -0.421. The highest BCUT2D eigenvalue weighted by atomic mass is 35.5. The number of hydrogen-bond donors (Lipinski definition) is 2. The second-order valence-electron chi connectivity index (χ2n) is 3.52. The van der Waals surface area contributed by atoms with E-state index in [0.29, 0.717) is 6.54 Å². The van der Waals surface area contributed by atoms with Crippen LogP contribution in [0.3, 0.4) is 0 Å². The third-order valence-electron chi connectivity index (χ3n) is 2.35. The molecule has 1 aromatic rings. The van der Waals surface area contributed by atoms with Gasteiger partial charge in [-0.15, -0.1) is 0 Å². The summed E-state index contributed by atoms with van der Waals surface area (Å²) < 4.78 is 0. The fourth-order valence-electron chi connectivity index (χ4n) is 1.46. The molecule has 0 spiro atoms. The van der Waals surface area contributed by atoms with E-state index in [2.05, 4.69) is 20.6 Å². The van der Waals surface area contributed by atoms with Gasteiger partial charge in [0.05, 0.1) is 5.92 Å². The molecule has 1 atom stereocenters. The normalized spacial score (nSPS) is 18.9. The fraction of sp³-hybridized carbons (Fsp3) is 0.333. The molecule has 0 radical (unpaired) electrons. The molecule has 1 unspecified atom stereocenters. The minimum Gasteiger partial charge on any atom is -0.355 e. The van der Waals surface area contributed by atoms with Gasteiger partial charge in [-0.2, -0.15) is 0 Å². The van der Waals surface area contributed by atoms with Crippen molar-refractivity contribution in [3.05, 3.63) is 16.6 Å². The number of nitrogens with zero attached hydrogens (tertiary/aromatic N) is 2. The summed E-state index contributed by atoms with van der Waals surface area (Å²) in [6, 6.07) is 0. The molecule has 1 aliphatic heterocycles. The molecule has 1 aromatic heterocycles. The van der Waals surface area contributed by atoms with Crippen LogP contribution < -0.4 is 10.6 Å². The first kappa shape index (κ1) is 12.1. The van der Waals surface area contributed by atoms with Gasteiger partial charge in [-0.25, -0.2) is 9.97 Å². The summed E-state index contributed by atoms with van der Waals surface area (Å²) in [4.78, 5) is 30.2. The van der Waals surface area contributed by atoms with E-state index in [1.165, 1.54) is 6.33 Å². The van der Waals surface area contributed by atoms with Crippen molar-refractivity contribution in [3.8, 4) is 0 Å². The van der Waals surface area contributed by atoms with E-state index in [1.54, 1.807) is 0 Å². The Hall–Kier alpha value is -1.40. The number of carbonyl (C=O) groups is 2. The lowest BCUT2D eigenvalue weighted by atomic mass is 10.1. The van der Waals surface area contributed by atoms with Crippen LogP contribution in [0, 0.1) is 5.92 Å². The molecule has 0 aromatic carbocycles. The Balaban J connectivity index is 2.11. The molecule has 2 amide bonds. The maximum Gasteiger partial charge on any atom is 0.229 e. The van der Waals surface area contributed by atoms with Gasteiger partial charge in [-0.1, -0.05) is 23.2 Å². The Bertz CT molecular complexity index is 460. The third kappa shape index (κ3) is 2.65. The Morgan fingerprint density at radius 3 is 2.59 bits per heavy atom. The summed E-state index contributed by atoms with van der Waals surface area (Å²) in [6.45, 7) is 0.313. The van der Waals surface area contributed by atoms with Crippen LogP contribution in [0.1, 0.15) is 6.42 Å². The lowest BCUT2D eigenvalue weighted by Crippen LogP contribution is -2.25. The van der Waals surface area contributed by atoms with Crippen molar-refractivity contribution in [1.29, 1.82) is 0 Å². The van der Waals surface area contributed by atoms with E-state index in [9.17, 15) is 9.59 Å². The van der Waals surface area contributed by atoms with E-state index in [0.717, 1.165) is 0 Å². The van der Waals surface area contributed by atoms with E-state index in [1.807, 2.05) is 0 Å². The van der Waals surface area contributed by atoms with Crippen LogP contribution in [0.25, 0.3) is 0 Å². The average Bonchev–Trinajstić information content (AvgIpc) is 2.70. The molecule has 8 heteroatoms. The molecular formula is C9H8Cl2N4O2. The number of carbonyl (C=O) groups excluding carboxylic acids is 2. The van der Waals surface area contributed by atoms with Crippen LogP contribution >= 0.6 is 23.2 Å². The second-order valence-corrected chi connectivity index (χ2v) is 4.24. The molecule has 0 bridgehead atoms. The van der Waals surface area contributed by atoms with Gasteiger partial charge in [-0.05, 0) is 0 Å². The zero-order valence-corrected chi connectivity index (χ0v) is 10.0. The van der Waals surface area contributed by atoms with Crippen molar-refractivity contribution in [3.63, 3.8) is 0 Å². The van der Waals surface area contributed by atoms with Gasteiger partial charge in [0.2, 0.25) is 11.8 Å². The van der Waals surface area contributed by atoms with Crippen LogP contribution in [0.2, 0.25) is 10.3 Å². The molecule has 90 valence electrons. The van der Waals surface area contributed by atoms with E-state index in [4.69, 9.17) is 23.2 Å². The van der Waals surface area contributed by atoms with Crippen LogP contribution in [0.15, 0.2) is 6.33 Å². The topological polar surface area (TPSA) is 84.0 Å². The van der Waals surface area contributed by atoms with Gasteiger partial charge in [0.1, 0.15) is 12.0 Å². The number of hydrogen-bond acceptors (Lipinski definition) is 4. The molecule has 17 heavy (non-hydrogen) atoms. The highest BCUT2D eigenvalue weighted by Gasteiger charge is 2.28. The summed E-state index contributed by atoms with van der Waals surface area (Å²) in [7, 11) is 0. The van der Waals surface area contributed by atoms with Crippen molar-refractivity contribution in [2.75, 3.05) is 11.9 Å². The fourth-order valence-corrected chi connectivity index (χ4v) is 1.87. The lowest BCUT2D eigenvalue weighted by Gasteiger charge is -2.10. The Morgan fingerprint density at radius 2 is 2.06 bits per heavy atom. The van der Waals surface area contributed by atoms with E-state index >= 15 is 0 Å². The summed E-state index contributed by atoms with van der Waals surface area (Å²) in [5.41, 5.74) is 0.167. The number of aromatic nitrogens is 2. The van der Waals surface area contributed by atoms with Gasteiger partial charge in [-0.3, -0.25) is 9.59 Å². The number of rotatable bonds is 2. The Kier molecular flexibility index (Phi) is 3.44. The molecule has 1 fully saturated rings. The molecule has 0 aliphatic carbocycles. The maximum atomic E-state index is 11.8. The largest absolute Gasteiger partial charge is 0.355 e. The van der Waals surface area contributed by atoms with Gasteiger partial charge >= 0.3 is 0 Å². The van der Waals surface area contributed by atoms with Crippen molar-refractivity contribution in [1.82, 2.24) is 15.3 Å². The number of halogens is 2. The van der Waals surface area contributed by atoms with Gasteiger partial charge in [0.25, 0.3) is 0 Å². The van der Waals surface area contributed by atoms with Crippen LogP contribution in [-0.2, 0) is 9.59 Å². The third-order valence-corrected chi connectivity index (χ3v) is 2.92. The Morgan fingerprint density at radius 1 is 1.41 bits per heavy atom. The van der Waals surface area contributed by atoms with Crippen LogP contribution in [0.5, 0.6) is 0 Å². The lowest BCUT2D eigenvalue weighted by molar-refractivity contribution is -0.123. The number of anilines is 1. The molecule has 1 aliphatic rings. The zero-order valence-electron chi connectivity index (χ0n) is 8.54. The number of nitrogens with one attached hydrogen (secondary N) is 2. The monoisotopic (exact) mass is 274 g/mol. The predicted molar refractivity (Wildman–Crippen MR) is 61.8 cm³/mol. The molecule has 1 saturated heterocycles. The Labute approximate surface area is 107 Å². The van der Waals surface area contributed by atoms with Crippen molar-refractivity contribution in [2.24, 2.45) is 5.92 Å². The standard InChI is InChI=1S/C9H8Cl2N4O2/c10-7-6(8(11)14-3-13-7)15-9(17)4-1-5(16)12-2-4/h3-4H,1-2H2,(H,12,16)(H,15,17). The first-order chi connectivity index (χ1) is 8.08. The summed E-state index contributed by atoms with van der Waals surface area (Å²) in [6.07, 6.45) is 1.36. The summed E-state index contributed by atoms with van der Waals surface area (Å²) in [5.74, 6) is -0.900. The highest BCUT2D eigenvalue weighted by Crippen LogP contribution is 2.26. The second kappa shape index (κ2) is 4.85. The molecule has 6 nitrogen and oxygen atoms in total. The first-order valence-corrected chi connectivity index (χ1v) is 5.57. The van der Waals surface area contributed by atoms with Crippen LogP contribution in [-0.4, -0.2) is 28.3 Å². The summed E-state index contributed by atoms with van der Waals surface area (Å²) in [5, 5.41) is 5.22. The molecule has 2 N–H and O–H groups in total. The summed E-state index contributed by atoms with van der Waals surface area (Å²) >= 11 is 11.6. The SMILES string of the molecule is O=C1CC(C(=O)Nc2c(Cl)ncnc2Cl)CN1. The molecule has 2 rings (SSSR count). The van der Waals surface area contributed by atoms with E-state index < -0.39 is 5.92 Å². The highest BCUT2D eigenvalue weighted by molar-refractivity contribution is 6.38. The van der Waals surface area contributed by atoms with Gasteiger partial charge < -0.3 is 10.6 Å². The van der Waals surface area contributed by atoms with Crippen molar-refractivity contribution >= 4 is 40.7 Å². The smallest absolute Gasteiger partial charge is 0.229 e. The van der Waals surface area contributed by atoms with Crippen LogP contribution in [0.4, 0.5) is 5.69 Å². The first-order valence-electron chi connectivity index (χ1n) is 4.81. The van der Waals surface area contributed by atoms with E-state index in [-0.39, 0.29) is 34.2 Å². The predicted octanol–water partition coefficient (Wildman–Crippen LogP) is 0.858. The van der Waals surface area contributed by atoms with Crippen molar-refractivity contribution < 1.29 is 9.59 Å². The van der Waals surface area contributed by atoms with Gasteiger partial charge in [0, 0.05) is 13.0 Å². The zero-order chi connectivity index (χ0) is 12.4. The van der Waals surface area contributed by atoms with Gasteiger partial charge in [0.15, 0.2) is 10.3 Å². The average molecular weight is 275 g/mol. The number of amides is 2. The molecule has 0 saturated carbocycles. The molecule has 2 heterocycles. The quantitative estimate of drug-likeness (QED) is 0.784. The maximum absolute atomic E-state index is 11.8.